The van der Waals surface area contributed by atoms with Crippen LogP contribution < -0.4 is 0 Å². The van der Waals surface area contributed by atoms with Crippen molar-refractivity contribution in [3.8, 4) is 0 Å². The Morgan fingerprint density at radius 1 is 1.36 bits per heavy atom. The van der Waals surface area contributed by atoms with Crippen molar-refractivity contribution < 1.29 is 13.7 Å². The molecule has 0 radical (unpaired) electrons. The standard InChI is InChI=1S/C7H7FO2S/c1-6-2-4-7(5-3-6)11(8,9)10/h2-5H,1H3/i1T. The first-order valence-corrected chi connectivity index (χ1v) is 4.25. The Morgan fingerprint density at radius 2 is 1.91 bits per heavy atom. The fraction of sp³-hybridized carbons (Fsp3) is 0.143. The van der Waals surface area contributed by atoms with Crippen LogP contribution in [0.15, 0.2) is 29.2 Å². The van der Waals surface area contributed by atoms with Crippen molar-refractivity contribution in [3.05, 3.63) is 29.8 Å². The summed E-state index contributed by atoms with van der Waals surface area (Å²) in [6, 6.07) is 5.14. The highest BCUT2D eigenvalue weighted by atomic mass is 32.3. The van der Waals surface area contributed by atoms with Gasteiger partial charge in [0.25, 0.3) is 0 Å². The number of rotatable bonds is 1. The van der Waals surface area contributed by atoms with Gasteiger partial charge < -0.3 is 0 Å². The molecule has 0 bridgehead atoms. The Balaban J connectivity index is 3.09. The maximum atomic E-state index is 12.3. The highest BCUT2D eigenvalue weighted by Gasteiger charge is 2.09. The summed E-state index contributed by atoms with van der Waals surface area (Å²) in [5, 5.41) is 0. The zero-order chi connectivity index (χ0) is 9.19. The molecule has 1 aromatic rings. The molecule has 0 fully saturated rings. The molecular formula is C7H7FO2S. The second-order valence-electron chi connectivity index (χ2n) is 2.08. The van der Waals surface area contributed by atoms with Crippen LogP contribution in [-0.2, 0) is 10.2 Å². The van der Waals surface area contributed by atoms with E-state index in [1.54, 1.807) is 0 Å². The van der Waals surface area contributed by atoms with Crippen molar-refractivity contribution in [2.75, 3.05) is 0 Å². The lowest BCUT2D eigenvalue weighted by molar-refractivity contribution is 0.552. The third-order valence-electron chi connectivity index (χ3n) is 1.20. The van der Waals surface area contributed by atoms with Crippen LogP contribution in [0.25, 0.3) is 0 Å². The van der Waals surface area contributed by atoms with Crippen molar-refractivity contribution >= 4 is 10.2 Å². The fourth-order valence-corrected chi connectivity index (χ4v) is 1.11. The third-order valence-corrected chi connectivity index (χ3v) is 2.04. The summed E-state index contributed by atoms with van der Waals surface area (Å²) in [6.07, 6.45) is 0. The van der Waals surface area contributed by atoms with Crippen LogP contribution in [0.5, 0.6) is 0 Å². The summed E-state index contributed by atoms with van der Waals surface area (Å²) in [5.41, 5.74) is 0.655. The maximum absolute atomic E-state index is 12.3. The van der Waals surface area contributed by atoms with E-state index in [1.807, 2.05) is 0 Å². The average Bonchev–Trinajstić information content (AvgIpc) is 2.03. The second kappa shape index (κ2) is 2.62. The summed E-state index contributed by atoms with van der Waals surface area (Å²) in [4.78, 5) is -0.361. The van der Waals surface area contributed by atoms with Gasteiger partial charge in [0.1, 0.15) is 0 Å². The quantitative estimate of drug-likeness (QED) is 0.610. The van der Waals surface area contributed by atoms with E-state index < -0.39 is 10.2 Å². The van der Waals surface area contributed by atoms with E-state index in [4.69, 9.17) is 1.37 Å². The Bertz CT molecular complexity index is 357. The molecule has 0 saturated carbocycles. The molecule has 0 unspecified atom stereocenters. The molecule has 2 nitrogen and oxygen atoms in total. The summed E-state index contributed by atoms with van der Waals surface area (Å²) >= 11 is 0. The van der Waals surface area contributed by atoms with Crippen molar-refractivity contribution in [1.29, 1.82) is 0 Å². The summed E-state index contributed by atoms with van der Waals surface area (Å²) in [5.74, 6) is 0. The zero-order valence-corrected chi connectivity index (χ0v) is 6.44. The van der Waals surface area contributed by atoms with Gasteiger partial charge in [-0.3, -0.25) is 0 Å². The second-order valence-corrected chi connectivity index (χ2v) is 3.43. The molecule has 0 amide bonds. The number of hydrogen-bond donors (Lipinski definition) is 0. The highest BCUT2D eigenvalue weighted by molar-refractivity contribution is 7.86. The van der Waals surface area contributed by atoms with E-state index in [0.29, 0.717) is 5.56 Å². The van der Waals surface area contributed by atoms with E-state index in [-0.39, 0.29) is 11.8 Å². The molecule has 60 valence electrons. The minimum Gasteiger partial charge on any atom is -0.189 e. The Morgan fingerprint density at radius 3 is 2.27 bits per heavy atom. The van der Waals surface area contributed by atoms with Crippen LogP contribution in [-0.4, -0.2) is 8.42 Å². The lowest BCUT2D eigenvalue weighted by Gasteiger charge is -1.93. The number of hydrogen-bond acceptors (Lipinski definition) is 2. The van der Waals surface area contributed by atoms with Crippen LogP contribution in [0.2, 0.25) is 0 Å². The molecule has 1 aromatic carbocycles. The maximum Gasteiger partial charge on any atom is 0.332 e. The summed E-state index contributed by atoms with van der Waals surface area (Å²) in [7, 11) is -4.59. The van der Waals surface area contributed by atoms with E-state index in [1.165, 1.54) is 12.1 Å². The lowest BCUT2D eigenvalue weighted by atomic mass is 10.2. The van der Waals surface area contributed by atoms with Gasteiger partial charge in [-0.05, 0) is 19.0 Å². The first-order chi connectivity index (χ1) is 5.54. The molecule has 0 N–H and O–H groups in total. The predicted octanol–water partition coefficient (Wildman–Crippen LogP) is 1.65. The van der Waals surface area contributed by atoms with Gasteiger partial charge in [0, 0.05) is 1.37 Å². The minimum atomic E-state index is -4.59. The van der Waals surface area contributed by atoms with Gasteiger partial charge in [0.15, 0.2) is 0 Å². The summed E-state index contributed by atoms with van der Waals surface area (Å²) < 4.78 is 39.8. The van der Waals surface area contributed by atoms with E-state index >= 15 is 0 Å². The molecule has 0 spiro atoms. The van der Waals surface area contributed by atoms with Gasteiger partial charge in [-0.2, -0.15) is 8.42 Å². The highest BCUT2D eigenvalue weighted by Crippen LogP contribution is 2.11. The largest absolute Gasteiger partial charge is 0.332 e. The van der Waals surface area contributed by atoms with Crippen LogP contribution >= 0.6 is 0 Å². The molecule has 0 atom stereocenters. The Labute approximate surface area is 66.3 Å². The molecule has 0 aliphatic heterocycles. The van der Waals surface area contributed by atoms with Gasteiger partial charge in [0.05, 0.1) is 4.90 Å². The smallest absolute Gasteiger partial charge is 0.189 e. The molecule has 0 aliphatic carbocycles. The average molecular weight is 176 g/mol. The molecule has 1 rings (SSSR count). The van der Waals surface area contributed by atoms with Crippen LogP contribution in [0, 0.1) is 6.90 Å². The van der Waals surface area contributed by atoms with Crippen LogP contribution in [0.3, 0.4) is 0 Å². The van der Waals surface area contributed by atoms with Gasteiger partial charge in [-0.1, -0.05) is 17.7 Å². The van der Waals surface area contributed by atoms with Crippen molar-refractivity contribution in [2.45, 2.75) is 11.8 Å². The first kappa shape index (κ1) is 6.79. The van der Waals surface area contributed by atoms with Crippen LogP contribution in [0.1, 0.15) is 6.93 Å². The molecule has 0 heterocycles. The van der Waals surface area contributed by atoms with Crippen LogP contribution in [0.4, 0.5) is 3.89 Å². The molecule has 0 saturated heterocycles. The molecule has 11 heavy (non-hydrogen) atoms. The number of aryl methyl sites for hydroxylation is 1. The van der Waals surface area contributed by atoms with Crippen molar-refractivity contribution in [2.24, 2.45) is 0 Å². The Hall–Kier alpha value is -0.900. The molecule has 4 heteroatoms. The fourth-order valence-electron chi connectivity index (χ4n) is 0.652. The minimum absolute atomic E-state index is 0.0621. The Kier molecular flexibility index (Phi) is 1.62. The number of halogens is 1. The van der Waals surface area contributed by atoms with E-state index in [0.717, 1.165) is 12.1 Å². The third kappa shape index (κ3) is 2.01. The van der Waals surface area contributed by atoms with E-state index in [9.17, 15) is 12.3 Å². The van der Waals surface area contributed by atoms with Gasteiger partial charge in [-0.25, -0.2) is 0 Å². The monoisotopic (exact) mass is 176 g/mol. The van der Waals surface area contributed by atoms with Gasteiger partial charge in [0.2, 0.25) is 0 Å². The summed E-state index contributed by atoms with van der Waals surface area (Å²) in [6.45, 7) is 0.0621. The normalized spacial score (nSPS) is 12.6. The molecule has 0 aromatic heterocycles. The predicted molar refractivity (Wildman–Crippen MR) is 39.5 cm³/mol. The SMILES string of the molecule is [3H]Cc1ccc(S(=O)(=O)F)cc1. The molecule has 0 aliphatic rings. The number of benzene rings is 1. The van der Waals surface area contributed by atoms with Crippen molar-refractivity contribution in [1.82, 2.24) is 0 Å². The van der Waals surface area contributed by atoms with Crippen molar-refractivity contribution in [3.63, 3.8) is 0 Å². The first-order valence-electron chi connectivity index (χ1n) is 3.57. The lowest BCUT2D eigenvalue weighted by Crippen LogP contribution is -1.90. The van der Waals surface area contributed by atoms with Gasteiger partial charge >= 0.3 is 10.2 Å². The van der Waals surface area contributed by atoms with Gasteiger partial charge in [-0.15, -0.1) is 3.89 Å². The molecular weight excluding hydrogens is 167 g/mol. The topological polar surface area (TPSA) is 34.1 Å². The zero-order valence-electron chi connectivity index (χ0n) is 6.62. The van der Waals surface area contributed by atoms with E-state index in [2.05, 4.69) is 0 Å².